The molecule has 0 aliphatic heterocycles. The number of carbonyl (C=O) groups excluding carboxylic acids is 1. The molecule has 0 fully saturated rings. The monoisotopic (exact) mass is 402 g/mol. The van der Waals surface area contributed by atoms with E-state index in [2.05, 4.69) is 44.0 Å². The fourth-order valence-corrected chi connectivity index (χ4v) is 4.46. The van der Waals surface area contributed by atoms with Crippen molar-refractivity contribution in [2.24, 2.45) is 0 Å². The van der Waals surface area contributed by atoms with Crippen molar-refractivity contribution in [3.63, 3.8) is 0 Å². The molecule has 0 N–H and O–H groups in total. The smallest absolute Gasteiger partial charge is 0.190 e. The Morgan fingerprint density at radius 3 is 2.58 bits per heavy atom. The zero-order valence-corrected chi connectivity index (χ0v) is 14.1. The van der Waals surface area contributed by atoms with E-state index in [-0.39, 0.29) is 12.4 Å². The number of halogens is 2. The van der Waals surface area contributed by atoms with Gasteiger partial charge < -0.3 is 4.74 Å². The number of Topliss-reactive ketones (excluding diaryl/α,β-unsaturated/α-hetero) is 1. The molecule has 0 unspecified atom stereocenters. The summed E-state index contributed by atoms with van der Waals surface area (Å²) in [7, 11) is 0. The number of ketones is 1. The van der Waals surface area contributed by atoms with Gasteiger partial charge in [-0.25, -0.2) is 0 Å². The molecule has 0 atom stereocenters. The topological polar surface area (TPSA) is 26.3 Å². The minimum atomic E-state index is 0.00175. The molecule has 1 aromatic heterocycles. The number of hydrogen-bond donors (Lipinski definition) is 0. The van der Waals surface area contributed by atoms with Gasteiger partial charge in [0.05, 0.1) is 14.2 Å². The van der Waals surface area contributed by atoms with E-state index in [4.69, 9.17) is 4.74 Å². The van der Waals surface area contributed by atoms with Gasteiger partial charge in [0.25, 0.3) is 0 Å². The number of hydrogen-bond acceptors (Lipinski definition) is 3. The Hall–Kier alpha value is -0.490. The van der Waals surface area contributed by atoms with E-state index in [9.17, 15) is 4.79 Å². The summed E-state index contributed by atoms with van der Waals surface area (Å²) in [4.78, 5) is 11.9. The van der Waals surface area contributed by atoms with Crippen LogP contribution in [0.1, 0.15) is 15.9 Å². The Balaban J connectivity index is 1.77. The van der Waals surface area contributed by atoms with Crippen LogP contribution in [-0.2, 0) is 11.2 Å². The Bertz CT molecular complexity index is 552. The maximum Gasteiger partial charge on any atom is 0.190 e. The first-order chi connectivity index (χ1) is 9.16. The molecule has 1 aromatic carbocycles. The highest BCUT2D eigenvalue weighted by atomic mass is 79.9. The summed E-state index contributed by atoms with van der Waals surface area (Å²) >= 11 is 8.23. The van der Waals surface area contributed by atoms with Crippen LogP contribution in [-0.4, -0.2) is 19.0 Å². The number of benzene rings is 1. The molecule has 2 nitrogen and oxygen atoms in total. The Kier molecular flexibility index (Phi) is 5.76. The van der Waals surface area contributed by atoms with Crippen LogP contribution in [0, 0.1) is 0 Å². The van der Waals surface area contributed by atoms with Crippen molar-refractivity contribution < 1.29 is 9.53 Å². The van der Waals surface area contributed by atoms with Crippen LogP contribution in [0.5, 0.6) is 0 Å². The summed E-state index contributed by atoms with van der Waals surface area (Å²) in [5, 5.41) is 0. The van der Waals surface area contributed by atoms with Gasteiger partial charge in [-0.1, -0.05) is 30.3 Å². The molecule has 0 saturated heterocycles. The van der Waals surface area contributed by atoms with Crippen LogP contribution in [0.2, 0.25) is 0 Å². The van der Waals surface area contributed by atoms with Crippen molar-refractivity contribution in [3.8, 4) is 0 Å². The maximum atomic E-state index is 11.9. The third-order valence-corrected chi connectivity index (χ3v) is 4.91. The van der Waals surface area contributed by atoms with Gasteiger partial charge in [0, 0.05) is 5.56 Å². The molecule has 0 bridgehead atoms. The molecule has 0 aliphatic rings. The SMILES string of the molecule is O=C(COCCc1ccccc1)c1cc(Br)sc1Br. The van der Waals surface area contributed by atoms with Crippen molar-refractivity contribution in [2.75, 3.05) is 13.2 Å². The quantitative estimate of drug-likeness (QED) is 0.515. The predicted molar refractivity (Wildman–Crippen MR) is 85.0 cm³/mol. The van der Waals surface area contributed by atoms with Crippen molar-refractivity contribution >= 4 is 49.0 Å². The predicted octanol–water partition coefficient (Wildman–Crippen LogP) is 4.72. The standard InChI is InChI=1S/C14H12Br2O2S/c15-13-8-11(14(16)19-13)12(17)9-18-7-6-10-4-2-1-3-5-10/h1-5,8H,6-7,9H2. The first kappa shape index (κ1) is 14.9. The van der Waals surface area contributed by atoms with Crippen molar-refractivity contribution in [2.45, 2.75) is 6.42 Å². The Morgan fingerprint density at radius 2 is 1.95 bits per heavy atom. The van der Waals surface area contributed by atoms with E-state index in [1.165, 1.54) is 16.9 Å². The molecule has 1 heterocycles. The van der Waals surface area contributed by atoms with Crippen LogP contribution < -0.4 is 0 Å². The molecule has 100 valence electrons. The first-order valence-electron chi connectivity index (χ1n) is 5.76. The Labute approximate surface area is 133 Å². The molecule has 5 heteroatoms. The van der Waals surface area contributed by atoms with Gasteiger partial charge >= 0.3 is 0 Å². The first-order valence-corrected chi connectivity index (χ1v) is 8.17. The van der Waals surface area contributed by atoms with Gasteiger partial charge in [-0.2, -0.15) is 0 Å². The number of rotatable bonds is 6. The second kappa shape index (κ2) is 7.33. The molecule has 0 saturated carbocycles. The third kappa shape index (κ3) is 4.53. The van der Waals surface area contributed by atoms with Crippen LogP contribution in [0.25, 0.3) is 0 Å². The Morgan fingerprint density at radius 1 is 1.21 bits per heavy atom. The number of carbonyl (C=O) groups is 1. The summed E-state index contributed by atoms with van der Waals surface area (Å²) in [6, 6.07) is 11.9. The van der Waals surface area contributed by atoms with Gasteiger partial charge in [0.2, 0.25) is 0 Å². The minimum Gasteiger partial charge on any atom is -0.373 e. The van der Waals surface area contributed by atoms with Gasteiger partial charge in [-0.3, -0.25) is 4.79 Å². The maximum absolute atomic E-state index is 11.9. The molecule has 0 amide bonds. The molecule has 2 rings (SSSR count). The lowest BCUT2D eigenvalue weighted by atomic mass is 10.2. The van der Waals surface area contributed by atoms with Gasteiger partial charge in [-0.05, 0) is 49.9 Å². The zero-order chi connectivity index (χ0) is 13.7. The fraction of sp³-hybridized carbons (Fsp3) is 0.214. The van der Waals surface area contributed by atoms with Crippen LogP contribution in [0.4, 0.5) is 0 Å². The van der Waals surface area contributed by atoms with E-state index in [0.29, 0.717) is 12.2 Å². The molecule has 2 aromatic rings. The highest BCUT2D eigenvalue weighted by Gasteiger charge is 2.13. The van der Waals surface area contributed by atoms with E-state index in [0.717, 1.165) is 14.0 Å². The molecule has 0 radical (unpaired) electrons. The summed E-state index contributed by atoms with van der Waals surface area (Å²) in [6.45, 7) is 0.674. The minimum absolute atomic E-state index is 0.00175. The molecule has 0 aliphatic carbocycles. The molecule has 0 spiro atoms. The van der Waals surface area contributed by atoms with E-state index >= 15 is 0 Å². The van der Waals surface area contributed by atoms with Crippen molar-refractivity contribution in [3.05, 3.63) is 55.1 Å². The normalized spacial score (nSPS) is 10.6. The summed E-state index contributed by atoms with van der Waals surface area (Å²) in [5.41, 5.74) is 1.89. The number of ether oxygens (including phenoxy) is 1. The van der Waals surface area contributed by atoms with Gasteiger partial charge in [-0.15, -0.1) is 11.3 Å². The van der Waals surface area contributed by atoms with E-state index in [1.54, 1.807) is 0 Å². The van der Waals surface area contributed by atoms with Crippen molar-refractivity contribution in [1.82, 2.24) is 0 Å². The van der Waals surface area contributed by atoms with Crippen molar-refractivity contribution in [1.29, 1.82) is 0 Å². The number of thiophene rings is 1. The van der Waals surface area contributed by atoms with E-state index in [1.807, 2.05) is 24.3 Å². The van der Waals surface area contributed by atoms with Gasteiger partial charge in [0.15, 0.2) is 5.78 Å². The average Bonchev–Trinajstić information content (AvgIpc) is 2.75. The largest absolute Gasteiger partial charge is 0.373 e. The highest BCUT2D eigenvalue weighted by Crippen LogP contribution is 2.32. The van der Waals surface area contributed by atoms with Crippen LogP contribution in [0.3, 0.4) is 0 Å². The van der Waals surface area contributed by atoms with Crippen LogP contribution >= 0.6 is 43.2 Å². The average molecular weight is 404 g/mol. The van der Waals surface area contributed by atoms with E-state index < -0.39 is 0 Å². The van der Waals surface area contributed by atoms with Crippen LogP contribution in [0.15, 0.2) is 44.0 Å². The lowest BCUT2D eigenvalue weighted by Crippen LogP contribution is -2.10. The highest BCUT2D eigenvalue weighted by molar-refractivity contribution is 9.12. The molecule has 19 heavy (non-hydrogen) atoms. The second-order valence-electron chi connectivity index (χ2n) is 3.95. The fourth-order valence-electron chi connectivity index (χ4n) is 1.61. The third-order valence-electron chi connectivity index (χ3n) is 2.57. The second-order valence-corrected chi connectivity index (χ2v) is 7.70. The summed E-state index contributed by atoms with van der Waals surface area (Å²) < 4.78 is 7.22. The summed E-state index contributed by atoms with van der Waals surface area (Å²) in [6.07, 6.45) is 0.822. The van der Waals surface area contributed by atoms with Gasteiger partial charge in [0.1, 0.15) is 6.61 Å². The molecular formula is C14H12Br2O2S. The lowest BCUT2D eigenvalue weighted by molar-refractivity contribution is 0.0765. The molecular weight excluding hydrogens is 392 g/mol. The zero-order valence-electron chi connectivity index (χ0n) is 10.1. The lowest BCUT2D eigenvalue weighted by Gasteiger charge is -2.03. The summed E-state index contributed by atoms with van der Waals surface area (Å²) in [5.74, 6) is 0.00175.